The average molecular weight is 210 g/mol. The van der Waals surface area contributed by atoms with Crippen LogP contribution in [0.15, 0.2) is 23.1 Å². The molecule has 14 heavy (non-hydrogen) atoms. The molecule has 0 saturated heterocycles. The van der Waals surface area contributed by atoms with Crippen LogP contribution in [0, 0.1) is 0 Å². The van der Waals surface area contributed by atoms with Crippen LogP contribution in [0.1, 0.15) is 6.92 Å². The van der Waals surface area contributed by atoms with Crippen LogP contribution >= 0.6 is 11.5 Å². The fourth-order valence-corrected chi connectivity index (χ4v) is 2.04. The molecule has 0 atom stereocenters. The first-order valence-corrected chi connectivity index (χ1v) is 5.13. The monoisotopic (exact) mass is 210 g/mol. The van der Waals surface area contributed by atoms with Gasteiger partial charge in [0, 0.05) is 12.8 Å². The van der Waals surface area contributed by atoms with Crippen LogP contribution in [0.4, 0.5) is 0 Å². The number of aromatic nitrogens is 2. The Balaban J connectivity index is 2.47. The van der Waals surface area contributed by atoms with Gasteiger partial charge in [-0.1, -0.05) is 0 Å². The van der Waals surface area contributed by atoms with Gasteiger partial charge in [-0.25, -0.2) is 8.94 Å². The van der Waals surface area contributed by atoms with E-state index in [2.05, 4.69) is 4.98 Å². The SMILES string of the molecule is CCOCn1sc2ncccc2c1=O. The molecule has 0 aliphatic carbocycles. The van der Waals surface area contributed by atoms with Crippen molar-refractivity contribution in [1.82, 2.24) is 8.94 Å². The summed E-state index contributed by atoms with van der Waals surface area (Å²) in [5, 5.41) is 0.664. The largest absolute Gasteiger partial charge is 0.360 e. The number of hydrogen-bond donors (Lipinski definition) is 0. The zero-order valence-corrected chi connectivity index (χ0v) is 8.58. The summed E-state index contributed by atoms with van der Waals surface area (Å²) in [4.78, 5) is 16.6. The topological polar surface area (TPSA) is 44.1 Å². The van der Waals surface area contributed by atoms with Crippen molar-refractivity contribution >= 4 is 21.7 Å². The predicted octanol–water partition coefficient (Wildman–Crippen LogP) is 1.45. The van der Waals surface area contributed by atoms with E-state index in [0.717, 1.165) is 4.83 Å². The van der Waals surface area contributed by atoms with Crippen molar-refractivity contribution < 1.29 is 4.74 Å². The van der Waals surface area contributed by atoms with Gasteiger partial charge in [-0.05, 0) is 30.6 Å². The van der Waals surface area contributed by atoms with Crippen LogP contribution in [0.5, 0.6) is 0 Å². The molecule has 0 spiro atoms. The second kappa shape index (κ2) is 3.89. The minimum absolute atomic E-state index is 0.0217. The molecule has 2 heterocycles. The lowest BCUT2D eigenvalue weighted by molar-refractivity contribution is 0.0933. The molecule has 0 N–H and O–H groups in total. The smallest absolute Gasteiger partial charge is 0.272 e. The predicted molar refractivity (Wildman–Crippen MR) is 55.5 cm³/mol. The number of hydrogen-bond acceptors (Lipinski definition) is 4. The van der Waals surface area contributed by atoms with Crippen molar-refractivity contribution in [3.8, 4) is 0 Å². The molecule has 5 heteroatoms. The molecule has 0 aromatic carbocycles. The zero-order valence-electron chi connectivity index (χ0n) is 7.77. The molecule has 4 nitrogen and oxygen atoms in total. The number of pyridine rings is 1. The summed E-state index contributed by atoms with van der Waals surface area (Å²) in [6, 6.07) is 3.55. The Morgan fingerprint density at radius 3 is 3.21 bits per heavy atom. The van der Waals surface area contributed by atoms with Gasteiger partial charge in [-0.15, -0.1) is 0 Å². The van der Waals surface area contributed by atoms with Crippen molar-refractivity contribution in [2.75, 3.05) is 6.61 Å². The Morgan fingerprint density at radius 2 is 2.50 bits per heavy atom. The average Bonchev–Trinajstić information content (AvgIpc) is 2.54. The molecular weight excluding hydrogens is 200 g/mol. The van der Waals surface area contributed by atoms with Gasteiger partial charge >= 0.3 is 0 Å². The molecule has 0 bridgehead atoms. The van der Waals surface area contributed by atoms with E-state index >= 15 is 0 Å². The standard InChI is InChI=1S/C9H10N2O2S/c1-2-13-6-11-9(12)7-4-3-5-10-8(7)14-11/h3-5H,2,6H2,1H3. The second-order valence-corrected chi connectivity index (χ2v) is 3.76. The van der Waals surface area contributed by atoms with Gasteiger partial charge in [0.1, 0.15) is 11.6 Å². The third kappa shape index (κ3) is 1.56. The number of nitrogens with zero attached hydrogens (tertiary/aromatic N) is 2. The zero-order chi connectivity index (χ0) is 9.97. The Bertz CT molecular complexity index is 489. The van der Waals surface area contributed by atoms with Gasteiger partial charge in [-0.3, -0.25) is 4.79 Å². The van der Waals surface area contributed by atoms with Crippen molar-refractivity contribution in [3.05, 3.63) is 28.7 Å². The number of fused-ring (bicyclic) bond motifs is 1. The first-order chi connectivity index (χ1) is 6.83. The minimum Gasteiger partial charge on any atom is -0.360 e. The number of rotatable bonds is 3. The van der Waals surface area contributed by atoms with Crippen LogP contribution in [-0.4, -0.2) is 15.5 Å². The molecule has 74 valence electrons. The van der Waals surface area contributed by atoms with E-state index < -0.39 is 0 Å². The van der Waals surface area contributed by atoms with Gasteiger partial charge in [0.25, 0.3) is 5.56 Å². The quantitative estimate of drug-likeness (QED) is 0.770. The molecule has 0 aliphatic heterocycles. The van der Waals surface area contributed by atoms with Gasteiger partial charge < -0.3 is 4.74 Å². The highest BCUT2D eigenvalue weighted by Crippen LogP contribution is 2.12. The third-order valence-corrected chi connectivity index (χ3v) is 2.83. The summed E-state index contributed by atoms with van der Waals surface area (Å²) in [7, 11) is 0. The fraction of sp³-hybridized carbons (Fsp3) is 0.333. The first-order valence-electron chi connectivity index (χ1n) is 4.35. The Kier molecular flexibility index (Phi) is 2.60. The van der Waals surface area contributed by atoms with Gasteiger partial charge in [0.2, 0.25) is 0 Å². The summed E-state index contributed by atoms with van der Waals surface area (Å²) in [6.45, 7) is 2.82. The van der Waals surface area contributed by atoms with E-state index in [1.807, 2.05) is 6.92 Å². The molecule has 0 amide bonds. The van der Waals surface area contributed by atoms with Crippen LogP contribution in [0.3, 0.4) is 0 Å². The minimum atomic E-state index is -0.0217. The molecule has 0 saturated carbocycles. The first kappa shape index (κ1) is 9.36. The van der Waals surface area contributed by atoms with Gasteiger partial charge in [-0.2, -0.15) is 0 Å². The maximum absolute atomic E-state index is 11.7. The summed E-state index contributed by atoms with van der Waals surface area (Å²) >= 11 is 1.33. The summed E-state index contributed by atoms with van der Waals surface area (Å²) in [5.74, 6) is 0. The maximum Gasteiger partial charge on any atom is 0.272 e. The molecule has 2 aromatic heterocycles. The van der Waals surface area contributed by atoms with E-state index in [1.165, 1.54) is 11.5 Å². The third-order valence-electron chi connectivity index (χ3n) is 1.84. The van der Waals surface area contributed by atoms with Gasteiger partial charge in [0.15, 0.2) is 0 Å². The van der Waals surface area contributed by atoms with Crippen molar-refractivity contribution in [2.24, 2.45) is 0 Å². The van der Waals surface area contributed by atoms with Crippen molar-refractivity contribution in [3.63, 3.8) is 0 Å². The molecule has 0 aliphatic rings. The van der Waals surface area contributed by atoms with Crippen LogP contribution in [-0.2, 0) is 11.5 Å². The summed E-state index contributed by atoms with van der Waals surface area (Å²) < 4.78 is 6.75. The van der Waals surface area contributed by atoms with Crippen LogP contribution in [0.2, 0.25) is 0 Å². The lowest BCUT2D eigenvalue weighted by Gasteiger charge is -1.97. The van der Waals surface area contributed by atoms with Crippen LogP contribution in [0.25, 0.3) is 10.2 Å². The molecule has 2 aromatic rings. The normalized spacial score (nSPS) is 10.9. The number of ether oxygens (including phenoxy) is 1. The summed E-state index contributed by atoms with van der Waals surface area (Å²) in [6.07, 6.45) is 1.68. The van der Waals surface area contributed by atoms with E-state index in [1.54, 1.807) is 22.3 Å². The highest BCUT2D eigenvalue weighted by Gasteiger charge is 2.06. The molecule has 0 unspecified atom stereocenters. The summed E-state index contributed by atoms with van der Waals surface area (Å²) in [5.41, 5.74) is -0.0217. The molecule has 2 rings (SSSR count). The van der Waals surface area contributed by atoms with E-state index in [0.29, 0.717) is 18.7 Å². The Labute approximate surface area is 84.9 Å². The molecule has 0 radical (unpaired) electrons. The fourth-order valence-electron chi connectivity index (χ4n) is 1.17. The highest BCUT2D eigenvalue weighted by atomic mass is 32.1. The van der Waals surface area contributed by atoms with E-state index in [4.69, 9.17) is 4.74 Å². The Morgan fingerprint density at radius 1 is 1.64 bits per heavy atom. The second-order valence-electron chi connectivity index (χ2n) is 2.75. The van der Waals surface area contributed by atoms with Gasteiger partial charge in [0.05, 0.1) is 5.39 Å². The highest BCUT2D eigenvalue weighted by molar-refractivity contribution is 7.13. The lowest BCUT2D eigenvalue weighted by atomic mass is 10.4. The van der Waals surface area contributed by atoms with Crippen molar-refractivity contribution in [2.45, 2.75) is 13.7 Å². The van der Waals surface area contributed by atoms with E-state index in [9.17, 15) is 4.79 Å². The maximum atomic E-state index is 11.7. The van der Waals surface area contributed by atoms with Crippen molar-refractivity contribution in [1.29, 1.82) is 0 Å². The molecular formula is C9H10N2O2S. The lowest BCUT2D eigenvalue weighted by Crippen LogP contribution is -2.14. The van der Waals surface area contributed by atoms with Crippen LogP contribution < -0.4 is 5.56 Å². The Hall–Kier alpha value is -1.20. The molecule has 0 fully saturated rings. The van der Waals surface area contributed by atoms with E-state index in [-0.39, 0.29) is 5.56 Å².